The van der Waals surface area contributed by atoms with Crippen molar-refractivity contribution >= 4 is 23.2 Å². The second-order valence-electron chi connectivity index (χ2n) is 6.23. The van der Waals surface area contributed by atoms with E-state index in [-0.39, 0.29) is 17.9 Å². The van der Waals surface area contributed by atoms with E-state index >= 15 is 0 Å². The number of aromatic amines is 1. The fourth-order valence-corrected chi connectivity index (χ4v) is 3.23. The van der Waals surface area contributed by atoms with Gasteiger partial charge in [-0.05, 0) is 49.6 Å². The van der Waals surface area contributed by atoms with Crippen LogP contribution in [0.1, 0.15) is 47.1 Å². The number of rotatable bonds is 3. The molecule has 1 fully saturated rings. The lowest BCUT2D eigenvalue weighted by atomic mass is 10.0. The van der Waals surface area contributed by atoms with Crippen LogP contribution >= 0.6 is 0 Å². The van der Waals surface area contributed by atoms with E-state index in [2.05, 4.69) is 26.1 Å². The van der Waals surface area contributed by atoms with E-state index in [0.29, 0.717) is 17.8 Å². The van der Waals surface area contributed by atoms with Crippen LogP contribution in [0.3, 0.4) is 0 Å². The van der Waals surface area contributed by atoms with Gasteiger partial charge in [-0.3, -0.25) is 14.7 Å². The minimum absolute atomic E-state index is 0.00647. The molecule has 124 valence electrons. The molecule has 4 rings (SSSR count). The zero-order valence-electron chi connectivity index (χ0n) is 13.2. The van der Waals surface area contributed by atoms with Crippen LogP contribution in [0.4, 0.5) is 11.4 Å². The van der Waals surface area contributed by atoms with Crippen LogP contribution < -0.4 is 16.0 Å². The molecule has 0 spiro atoms. The zero-order chi connectivity index (χ0) is 16.5. The van der Waals surface area contributed by atoms with Crippen molar-refractivity contribution < 1.29 is 9.59 Å². The highest BCUT2D eigenvalue weighted by molar-refractivity contribution is 6.03. The van der Waals surface area contributed by atoms with Crippen molar-refractivity contribution in [2.45, 2.75) is 31.7 Å². The third-order valence-corrected chi connectivity index (χ3v) is 4.53. The van der Waals surface area contributed by atoms with E-state index in [1.54, 1.807) is 12.1 Å². The van der Waals surface area contributed by atoms with Crippen LogP contribution in [0.25, 0.3) is 0 Å². The number of hydrogen-bond acceptors (Lipinski definition) is 4. The van der Waals surface area contributed by atoms with Crippen LogP contribution in [0.15, 0.2) is 24.3 Å². The Labute approximate surface area is 139 Å². The Morgan fingerprint density at radius 3 is 3.00 bits per heavy atom. The molecule has 2 aromatic rings. The van der Waals surface area contributed by atoms with Crippen LogP contribution in [0, 0.1) is 0 Å². The van der Waals surface area contributed by atoms with E-state index < -0.39 is 0 Å². The summed E-state index contributed by atoms with van der Waals surface area (Å²) in [6, 6.07) is 7.61. The lowest BCUT2D eigenvalue weighted by Crippen LogP contribution is -2.19. The van der Waals surface area contributed by atoms with Crippen molar-refractivity contribution in [2.75, 3.05) is 17.2 Å². The Hall–Kier alpha value is -2.67. The first kappa shape index (κ1) is 14.9. The van der Waals surface area contributed by atoms with Gasteiger partial charge in [0.25, 0.3) is 5.91 Å². The molecular formula is C17H19N5O2. The molecule has 0 bridgehead atoms. The molecule has 7 nitrogen and oxygen atoms in total. The SMILES string of the molecule is O=C1CCc2ccc(NC(=O)c3cc(C4CCCN4)[nH]n3)cc2N1. The summed E-state index contributed by atoms with van der Waals surface area (Å²) in [4.78, 5) is 23.9. The standard InChI is InChI=1S/C17H19N5O2/c23-16-6-4-10-3-5-11(8-13(10)20-16)19-17(24)15-9-14(21-22-15)12-2-1-7-18-12/h3,5,8-9,12,18H,1-2,4,6-7H2,(H,19,24)(H,20,23)(H,21,22). The van der Waals surface area contributed by atoms with Crippen molar-refractivity contribution in [2.24, 2.45) is 0 Å². The van der Waals surface area contributed by atoms with Gasteiger partial charge in [0.15, 0.2) is 5.69 Å². The van der Waals surface area contributed by atoms with Gasteiger partial charge in [0.05, 0.1) is 5.69 Å². The fourth-order valence-electron chi connectivity index (χ4n) is 3.23. The number of carbonyl (C=O) groups excluding carboxylic acids is 2. The molecule has 2 aliphatic rings. The molecule has 3 heterocycles. The van der Waals surface area contributed by atoms with E-state index in [1.807, 2.05) is 12.1 Å². The Bertz CT molecular complexity index is 792. The number of benzene rings is 1. The van der Waals surface area contributed by atoms with Gasteiger partial charge in [0.1, 0.15) is 0 Å². The maximum Gasteiger partial charge on any atom is 0.276 e. The van der Waals surface area contributed by atoms with Gasteiger partial charge < -0.3 is 16.0 Å². The Kier molecular flexibility index (Phi) is 3.78. The highest BCUT2D eigenvalue weighted by atomic mass is 16.2. The second-order valence-corrected chi connectivity index (χ2v) is 6.23. The molecule has 0 radical (unpaired) electrons. The van der Waals surface area contributed by atoms with Crippen LogP contribution in [0.2, 0.25) is 0 Å². The number of anilines is 2. The predicted molar refractivity (Wildman–Crippen MR) is 89.9 cm³/mol. The molecule has 24 heavy (non-hydrogen) atoms. The Morgan fingerprint density at radius 2 is 2.17 bits per heavy atom. The molecule has 2 aliphatic heterocycles. The number of aromatic nitrogens is 2. The smallest absolute Gasteiger partial charge is 0.276 e. The molecule has 2 amide bonds. The molecule has 0 saturated carbocycles. The first-order chi connectivity index (χ1) is 11.7. The normalized spacial score (nSPS) is 19.7. The van der Waals surface area contributed by atoms with Crippen LogP contribution in [-0.2, 0) is 11.2 Å². The molecule has 7 heteroatoms. The molecule has 1 aromatic heterocycles. The Morgan fingerprint density at radius 1 is 1.25 bits per heavy atom. The van der Waals surface area contributed by atoms with Crippen molar-refractivity contribution in [1.82, 2.24) is 15.5 Å². The third kappa shape index (κ3) is 2.90. The summed E-state index contributed by atoms with van der Waals surface area (Å²) >= 11 is 0. The number of amides is 2. The van der Waals surface area contributed by atoms with Gasteiger partial charge in [0, 0.05) is 23.8 Å². The second kappa shape index (κ2) is 6.09. The maximum absolute atomic E-state index is 12.4. The molecule has 4 N–H and O–H groups in total. The number of aryl methyl sites for hydroxylation is 1. The molecule has 0 aliphatic carbocycles. The van der Waals surface area contributed by atoms with Crippen LogP contribution in [0.5, 0.6) is 0 Å². The average molecular weight is 325 g/mol. The molecule has 1 saturated heterocycles. The predicted octanol–water partition coefficient (Wildman–Crippen LogP) is 1.97. The molecular weight excluding hydrogens is 306 g/mol. The van der Waals surface area contributed by atoms with Crippen molar-refractivity contribution in [3.63, 3.8) is 0 Å². The number of nitrogens with zero attached hydrogens (tertiary/aromatic N) is 1. The number of H-pyrrole nitrogens is 1. The number of nitrogens with one attached hydrogen (secondary N) is 4. The number of carbonyl (C=O) groups is 2. The Balaban J connectivity index is 1.48. The first-order valence-corrected chi connectivity index (χ1v) is 8.22. The summed E-state index contributed by atoms with van der Waals surface area (Å²) in [6.07, 6.45) is 3.41. The molecule has 1 atom stereocenters. The third-order valence-electron chi connectivity index (χ3n) is 4.53. The quantitative estimate of drug-likeness (QED) is 0.693. The minimum atomic E-state index is -0.266. The van der Waals surface area contributed by atoms with Gasteiger partial charge >= 0.3 is 0 Å². The summed E-state index contributed by atoms with van der Waals surface area (Å²) in [7, 11) is 0. The minimum Gasteiger partial charge on any atom is -0.326 e. The van der Waals surface area contributed by atoms with Crippen LogP contribution in [-0.4, -0.2) is 28.6 Å². The van der Waals surface area contributed by atoms with Crippen molar-refractivity contribution in [3.05, 3.63) is 41.2 Å². The van der Waals surface area contributed by atoms with Gasteiger partial charge in [-0.1, -0.05) is 6.07 Å². The largest absolute Gasteiger partial charge is 0.326 e. The summed E-state index contributed by atoms with van der Waals surface area (Å²) in [5, 5.41) is 16.1. The lowest BCUT2D eigenvalue weighted by molar-refractivity contribution is -0.116. The van der Waals surface area contributed by atoms with E-state index in [0.717, 1.165) is 42.8 Å². The number of hydrogen-bond donors (Lipinski definition) is 4. The fraction of sp³-hybridized carbons (Fsp3) is 0.353. The highest BCUT2D eigenvalue weighted by Crippen LogP contribution is 2.26. The first-order valence-electron chi connectivity index (χ1n) is 8.22. The highest BCUT2D eigenvalue weighted by Gasteiger charge is 2.21. The van der Waals surface area contributed by atoms with Gasteiger partial charge in [-0.15, -0.1) is 0 Å². The van der Waals surface area contributed by atoms with Gasteiger partial charge in [-0.25, -0.2) is 0 Å². The van der Waals surface area contributed by atoms with Gasteiger partial charge in [0.2, 0.25) is 5.91 Å². The number of fused-ring (bicyclic) bond motifs is 1. The van der Waals surface area contributed by atoms with E-state index in [9.17, 15) is 9.59 Å². The average Bonchev–Trinajstić information content (AvgIpc) is 3.25. The molecule has 1 unspecified atom stereocenters. The summed E-state index contributed by atoms with van der Waals surface area (Å²) < 4.78 is 0. The maximum atomic E-state index is 12.4. The van der Waals surface area contributed by atoms with Crippen molar-refractivity contribution in [3.8, 4) is 0 Å². The van der Waals surface area contributed by atoms with Gasteiger partial charge in [-0.2, -0.15) is 5.10 Å². The topological polar surface area (TPSA) is 98.9 Å². The summed E-state index contributed by atoms with van der Waals surface area (Å²) in [5.41, 5.74) is 3.80. The monoisotopic (exact) mass is 325 g/mol. The van der Waals surface area contributed by atoms with E-state index in [4.69, 9.17) is 0 Å². The summed E-state index contributed by atoms with van der Waals surface area (Å²) in [6.45, 7) is 0.992. The lowest BCUT2D eigenvalue weighted by Gasteiger charge is -2.17. The molecule has 1 aromatic carbocycles. The zero-order valence-corrected chi connectivity index (χ0v) is 13.2. The van der Waals surface area contributed by atoms with E-state index in [1.165, 1.54) is 0 Å². The summed E-state index contributed by atoms with van der Waals surface area (Å²) in [5.74, 6) is -0.260. The van der Waals surface area contributed by atoms with Crippen molar-refractivity contribution in [1.29, 1.82) is 0 Å².